The van der Waals surface area contributed by atoms with Gasteiger partial charge in [0.25, 0.3) is 0 Å². The summed E-state index contributed by atoms with van der Waals surface area (Å²) in [6.45, 7) is 2.08. The Kier molecular flexibility index (Phi) is 3.80. The molecule has 6 heteroatoms. The minimum atomic E-state index is 0.474. The molecule has 0 unspecified atom stereocenters. The van der Waals surface area contributed by atoms with Crippen molar-refractivity contribution in [3.63, 3.8) is 0 Å². The number of nitrogens with one attached hydrogen (secondary N) is 2. The molecule has 0 bridgehead atoms. The van der Waals surface area contributed by atoms with Crippen LogP contribution in [0, 0.1) is 6.92 Å². The Morgan fingerprint density at radius 2 is 1.92 bits per heavy atom. The van der Waals surface area contributed by atoms with Gasteiger partial charge in [0.15, 0.2) is 5.65 Å². The highest BCUT2D eigenvalue weighted by atomic mass is 15.3. The number of benzene rings is 1. The first-order valence-corrected chi connectivity index (χ1v) is 8.49. The van der Waals surface area contributed by atoms with Gasteiger partial charge in [0.05, 0.1) is 11.6 Å². The molecule has 4 rings (SSSR count). The summed E-state index contributed by atoms with van der Waals surface area (Å²) in [5, 5.41) is 12.2. The van der Waals surface area contributed by atoms with Crippen LogP contribution in [0.1, 0.15) is 31.2 Å². The molecule has 0 saturated heterocycles. The van der Waals surface area contributed by atoms with E-state index in [2.05, 4.69) is 39.8 Å². The molecule has 0 atom stereocenters. The topological polar surface area (TPSA) is 67.7 Å². The second-order valence-corrected chi connectivity index (χ2v) is 6.47. The summed E-state index contributed by atoms with van der Waals surface area (Å²) in [5.41, 5.74) is 3.06. The summed E-state index contributed by atoms with van der Waals surface area (Å²) in [5.74, 6) is 1.47. The maximum Gasteiger partial charge on any atom is 0.226 e. The Hall–Kier alpha value is -2.63. The van der Waals surface area contributed by atoms with Crippen LogP contribution in [0.3, 0.4) is 0 Å². The minimum Gasteiger partial charge on any atom is -0.351 e. The van der Waals surface area contributed by atoms with Crippen molar-refractivity contribution in [3.8, 4) is 0 Å². The van der Waals surface area contributed by atoms with E-state index in [9.17, 15) is 0 Å². The van der Waals surface area contributed by atoms with Crippen molar-refractivity contribution in [1.82, 2.24) is 19.7 Å². The smallest absolute Gasteiger partial charge is 0.226 e. The van der Waals surface area contributed by atoms with Gasteiger partial charge in [-0.2, -0.15) is 15.1 Å². The molecule has 1 aromatic carbocycles. The quantitative estimate of drug-likeness (QED) is 0.765. The van der Waals surface area contributed by atoms with Crippen molar-refractivity contribution >= 4 is 28.5 Å². The molecule has 2 aromatic heterocycles. The number of rotatable bonds is 4. The highest BCUT2D eigenvalue weighted by Gasteiger charge is 2.18. The Morgan fingerprint density at radius 3 is 2.71 bits per heavy atom. The largest absolute Gasteiger partial charge is 0.351 e. The Labute approximate surface area is 141 Å². The summed E-state index contributed by atoms with van der Waals surface area (Å²) >= 11 is 0. The fourth-order valence-corrected chi connectivity index (χ4v) is 3.28. The maximum atomic E-state index is 4.73. The number of aromatic nitrogens is 4. The van der Waals surface area contributed by atoms with Crippen LogP contribution in [-0.2, 0) is 7.05 Å². The number of nitrogens with zero attached hydrogens (tertiary/aromatic N) is 4. The van der Waals surface area contributed by atoms with E-state index in [-0.39, 0.29) is 0 Å². The van der Waals surface area contributed by atoms with Gasteiger partial charge in [0.2, 0.25) is 5.95 Å². The Morgan fingerprint density at radius 1 is 1.12 bits per heavy atom. The molecule has 0 aliphatic heterocycles. The second-order valence-electron chi connectivity index (χ2n) is 6.47. The van der Waals surface area contributed by atoms with E-state index in [1.807, 2.05) is 25.4 Å². The first-order valence-electron chi connectivity index (χ1n) is 8.49. The average molecular weight is 322 g/mol. The lowest BCUT2D eigenvalue weighted by Gasteiger charge is -2.14. The standard InChI is InChI=1S/C18H22N6/c1-12-7-3-6-10-15(12)21-16-14-11-19-24(2)17(14)23-18(22-16)20-13-8-4-5-9-13/h3,6-7,10-11,13H,4-5,8-9H2,1-2H3,(H2,20,21,22,23). The predicted molar refractivity (Wildman–Crippen MR) is 96.6 cm³/mol. The fourth-order valence-electron chi connectivity index (χ4n) is 3.28. The van der Waals surface area contributed by atoms with Crippen molar-refractivity contribution in [3.05, 3.63) is 36.0 Å². The van der Waals surface area contributed by atoms with Crippen molar-refractivity contribution in [1.29, 1.82) is 0 Å². The molecule has 24 heavy (non-hydrogen) atoms. The molecule has 1 aliphatic rings. The molecule has 0 radical (unpaired) electrons. The van der Waals surface area contributed by atoms with Gasteiger partial charge in [-0.3, -0.25) is 4.68 Å². The lowest BCUT2D eigenvalue weighted by molar-refractivity contribution is 0.742. The molecule has 1 fully saturated rings. The third-order valence-electron chi connectivity index (χ3n) is 4.68. The van der Waals surface area contributed by atoms with Crippen molar-refractivity contribution < 1.29 is 0 Å². The number of fused-ring (bicyclic) bond motifs is 1. The molecule has 3 aromatic rings. The molecule has 0 amide bonds. The molecule has 2 N–H and O–H groups in total. The summed E-state index contributed by atoms with van der Waals surface area (Å²) < 4.78 is 1.79. The zero-order chi connectivity index (χ0) is 16.5. The normalized spacial score (nSPS) is 15.1. The highest BCUT2D eigenvalue weighted by Crippen LogP contribution is 2.28. The van der Waals surface area contributed by atoms with Gasteiger partial charge in [-0.05, 0) is 31.4 Å². The average Bonchev–Trinajstić information content (AvgIpc) is 3.20. The van der Waals surface area contributed by atoms with E-state index >= 15 is 0 Å². The first-order chi connectivity index (χ1) is 11.7. The summed E-state index contributed by atoms with van der Waals surface area (Å²) in [6, 6.07) is 8.68. The molecule has 6 nitrogen and oxygen atoms in total. The van der Waals surface area contributed by atoms with Crippen LogP contribution in [0.15, 0.2) is 30.5 Å². The molecule has 1 saturated carbocycles. The van der Waals surface area contributed by atoms with Gasteiger partial charge < -0.3 is 10.6 Å². The van der Waals surface area contributed by atoms with E-state index in [4.69, 9.17) is 4.98 Å². The van der Waals surface area contributed by atoms with Gasteiger partial charge in [-0.15, -0.1) is 0 Å². The number of hydrogen-bond acceptors (Lipinski definition) is 5. The second kappa shape index (κ2) is 6.11. The monoisotopic (exact) mass is 322 g/mol. The number of anilines is 3. The van der Waals surface area contributed by atoms with Crippen LogP contribution in [0.2, 0.25) is 0 Å². The SMILES string of the molecule is Cc1ccccc1Nc1nc(NC2CCCC2)nc2c1cnn2C. The number of para-hydroxylation sites is 1. The van der Waals surface area contributed by atoms with E-state index in [1.54, 1.807) is 4.68 Å². The van der Waals surface area contributed by atoms with Crippen LogP contribution >= 0.6 is 0 Å². The van der Waals surface area contributed by atoms with E-state index < -0.39 is 0 Å². The summed E-state index contributed by atoms with van der Waals surface area (Å²) in [6.07, 6.45) is 6.75. The highest BCUT2D eigenvalue weighted by molar-refractivity contribution is 5.89. The third-order valence-corrected chi connectivity index (χ3v) is 4.68. The van der Waals surface area contributed by atoms with Gasteiger partial charge in [0, 0.05) is 18.8 Å². The van der Waals surface area contributed by atoms with Gasteiger partial charge in [-0.25, -0.2) is 0 Å². The molecule has 0 spiro atoms. The van der Waals surface area contributed by atoms with Crippen LogP contribution in [0.4, 0.5) is 17.5 Å². The number of aryl methyl sites for hydroxylation is 2. The van der Waals surface area contributed by atoms with Crippen LogP contribution in [0.5, 0.6) is 0 Å². The molecular formula is C18H22N6. The van der Waals surface area contributed by atoms with Gasteiger partial charge >= 0.3 is 0 Å². The predicted octanol–water partition coefficient (Wildman–Crippen LogP) is 3.77. The molecule has 124 valence electrons. The van der Waals surface area contributed by atoms with Crippen molar-refractivity contribution in [2.24, 2.45) is 7.05 Å². The van der Waals surface area contributed by atoms with E-state index in [0.29, 0.717) is 12.0 Å². The Bertz CT molecular complexity index is 863. The van der Waals surface area contributed by atoms with Gasteiger partial charge in [0.1, 0.15) is 5.82 Å². The zero-order valence-corrected chi connectivity index (χ0v) is 14.1. The Balaban J connectivity index is 1.73. The molecular weight excluding hydrogens is 300 g/mol. The van der Waals surface area contributed by atoms with E-state index in [0.717, 1.165) is 22.5 Å². The molecule has 2 heterocycles. The van der Waals surface area contributed by atoms with Gasteiger partial charge in [-0.1, -0.05) is 31.0 Å². The fraction of sp³-hybridized carbons (Fsp3) is 0.389. The first kappa shape index (κ1) is 14.9. The maximum absolute atomic E-state index is 4.73. The minimum absolute atomic E-state index is 0.474. The summed E-state index contributed by atoms with van der Waals surface area (Å²) in [4.78, 5) is 9.39. The van der Waals surface area contributed by atoms with Crippen LogP contribution in [0.25, 0.3) is 11.0 Å². The van der Waals surface area contributed by atoms with Crippen LogP contribution < -0.4 is 10.6 Å². The van der Waals surface area contributed by atoms with E-state index in [1.165, 1.54) is 31.2 Å². The summed E-state index contributed by atoms with van der Waals surface area (Å²) in [7, 11) is 1.91. The van der Waals surface area contributed by atoms with Crippen molar-refractivity contribution in [2.75, 3.05) is 10.6 Å². The third kappa shape index (κ3) is 2.79. The zero-order valence-electron chi connectivity index (χ0n) is 14.1. The molecule has 1 aliphatic carbocycles. The lowest BCUT2D eigenvalue weighted by Crippen LogP contribution is -2.17. The van der Waals surface area contributed by atoms with Crippen LogP contribution in [-0.4, -0.2) is 25.8 Å². The lowest BCUT2D eigenvalue weighted by atomic mass is 10.2. The number of hydrogen-bond donors (Lipinski definition) is 2. The van der Waals surface area contributed by atoms with Crippen molar-refractivity contribution in [2.45, 2.75) is 38.6 Å².